The number of rotatable bonds is 5. The van der Waals surface area contributed by atoms with Crippen LogP contribution in [0.3, 0.4) is 0 Å². The Labute approximate surface area is 119 Å². The standard InChI is InChI=1S/C6H9Cl4O4PS/c1-12-15(16,13-2)5(6(8,9)10)14-4(11)3-7/h5H,3H2,1-2H3. The molecular formula is C6H9Cl4O4PS. The first-order valence-corrected chi connectivity index (χ1v) is 8.12. The van der Waals surface area contributed by atoms with Crippen molar-refractivity contribution in [1.29, 1.82) is 0 Å². The minimum atomic E-state index is -3.04. The molecule has 0 bridgehead atoms. The van der Waals surface area contributed by atoms with Crippen molar-refractivity contribution in [2.24, 2.45) is 0 Å². The number of halogens is 4. The molecule has 4 nitrogen and oxygen atoms in total. The van der Waals surface area contributed by atoms with E-state index in [4.69, 9.17) is 72.0 Å². The molecule has 0 radical (unpaired) electrons. The monoisotopic (exact) mass is 348 g/mol. The fourth-order valence-corrected chi connectivity index (χ4v) is 4.35. The molecule has 0 heterocycles. The Balaban J connectivity index is 5.10. The fraction of sp³-hybridized carbons (Fsp3) is 0.833. The van der Waals surface area contributed by atoms with Crippen molar-refractivity contribution in [1.82, 2.24) is 0 Å². The van der Waals surface area contributed by atoms with E-state index in [-0.39, 0.29) is 5.88 Å². The SMILES string of the molecule is COP(=S)(OC)C(OC(=O)CCl)C(Cl)(Cl)Cl. The maximum absolute atomic E-state index is 11.1. The first kappa shape index (κ1) is 17.2. The van der Waals surface area contributed by atoms with Gasteiger partial charge in [0.1, 0.15) is 5.88 Å². The minimum absolute atomic E-state index is 0.389. The summed E-state index contributed by atoms with van der Waals surface area (Å²) in [6, 6.07) is 0. The molecule has 0 aliphatic rings. The van der Waals surface area contributed by atoms with Gasteiger partial charge < -0.3 is 13.8 Å². The van der Waals surface area contributed by atoms with Crippen LogP contribution < -0.4 is 0 Å². The van der Waals surface area contributed by atoms with Gasteiger partial charge in [-0.05, 0) is 11.8 Å². The van der Waals surface area contributed by atoms with Gasteiger partial charge in [-0.1, -0.05) is 34.8 Å². The smallest absolute Gasteiger partial charge is 0.321 e. The second-order valence-corrected chi connectivity index (χ2v) is 8.86. The highest BCUT2D eigenvalue weighted by atomic mass is 35.6. The van der Waals surface area contributed by atoms with E-state index in [9.17, 15) is 4.79 Å². The van der Waals surface area contributed by atoms with Crippen molar-refractivity contribution in [3.8, 4) is 0 Å². The van der Waals surface area contributed by atoms with Gasteiger partial charge in [-0.3, -0.25) is 4.79 Å². The van der Waals surface area contributed by atoms with Crippen molar-refractivity contribution >= 4 is 70.7 Å². The Morgan fingerprint density at radius 2 is 1.81 bits per heavy atom. The lowest BCUT2D eigenvalue weighted by Crippen LogP contribution is -2.32. The summed E-state index contributed by atoms with van der Waals surface area (Å²) in [7, 11) is 2.56. The predicted octanol–water partition coefficient (Wildman–Crippen LogP) is 3.07. The Bertz CT molecular complexity index is 287. The molecule has 96 valence electrons. The van der Waals surface area contributed by atoms with E-state index in [1.54, 1.807) is 0 Å². The number of ether oxygens (including phenoxy) is 1. The van der Waals surface area contributed by atoms with E-state index in [0.717, 1.165) is 0 Å². The van der Waals surface area contributed by atoms with Crippen LogP contribution in [0.1, 0.15) is 0 Å². The van der Waals surface area contributed by atoms with Crippen LogP contribution in [-0.4, -0.2) is 35.7 Å². The molecule has 0 saturated heterocycles. The highest BCUT2D eigenvalue weighted by molar-refractivity contribution is 8.10. The number of hydrogen-bond donors (Lipinski definition) is 0. The van der Waals surface area contributed by atoms with E-state index in [2.05, 4.69) is 0 Å². The lowest BCUT2D eigenvalue weighted by molar-refractivity contribution is -0.142. The maximum atomic E-state index is 11.1. The van der Waals surface area contributed by atoms with Gasteiger partial charge in [0.05, 0.1) is 0 Å². The molecule has 1 unspecified atom stereocenters. The molecule has 0 spiro atoms. The van der Waals surface area contributed by atoms with Crippen molar-refractivity contribution in [2.45, 2.75) is 9.64 Å². The van der Waals surface area contributed by atoms with Crippen LogP contribution in [0.25, 0.3) is 0 Å². The minimum Gasteiger partial charge on any atom is -0.446 e. The molecule has 0 saturated carbocycles. The van der Waals surface area contributed by atoms with Gasteiger partial charge in [0.15, 0.2) is 0 Å². The maximum Gasteiger partial charge on any atom is 0.321 e. The molecule has 0 aromatic rings. The molecule has 1 atom stereocenters. The average Bonchev–Trinajstić information content (AvgIpc) is 2.22. The normalized spacial score (nSPS) is 14.6. The molecule has 0 rings (SSSR count). The molecule has 0 aliphatic carbocycles. The van der Waals surface area contributed by atoms with Gasteiger partial charge in [0.2, 0.25) is 16.1 Å². The Morgan fingerprint density at radius 3 is 2.06 bits per heavy atom. The number of esters is 1. The largest absolute Gasteiger partial charge is 0.446 e. The highest BCUT2D eigenvalue weighted by Gasteiger charge is 2.47. The van der Waals surface area contributed by atoms with E-state index < -0.39 is 22.1 Å². The van der Waals surface area contributed by atoms with Gasteiger partial charge in [-0.2, -0.15) is 0 Å². The number of carbonyl (C=O) groups excluding carboxylic acids is 1. The summed E-state index contributed by atoms with van der Waals surface area (Å²) in [5.74, 6) is -2.48. The quantitative estimate of drug-likeness (QED) is 0.433. The van der Waals surface area contributed by atoms with Gasteiger partial charge in [0, 0.05) is 14.2 Å². The summed E-state index contributed by atoms with van der Waals surface area (Å²) in [5, 5.41) is 0. The zero-order chi connectivity index (χ0) is 13.0. The second kappa shape index (κ2) is 6.95. The van der Waals surface area contributed by atoms with E-state index in [1.165, 1.54) is 14.2 Å². The topological polar surface area (TPSA) is 44.8 Å². The molecule has 0 aromatic carbocycles. The van der Waals surface area contributed by atoms with E-state index in [1.807, 2.05) is 0 Å². The van der Waals surface area contributed by atoms with Crippen molar-refractivity contribution in [3.63, 3.8) is 0 Å². The molecular weight excluding hydrogens is 341 g/mol. The summed E-state index contributed by atoms with van der Waals surface area (Å²) in [5.41, 5.74) is 0. The zero-order valence-corrected chi connectivity index (χ0v) is 13.0. The summed E-state index contributed by atoms with van der Waals surface area (Å²) in [6.45, 7) is -3.04. The van der Waals surface area contributed by atoms with Gasteiger partial charge >= 0.3 is 5.97 Å². The van der Waals surface area contributed by atoms with Crippen molar-refractivity contribution in [3.05, 3.63) is 0 Å². The Kier molecular flexibility index (Phi) is 7.48. The molecule has 0 amide bonds. The first-order valence-electron chi connectivity index (χ1n) is 3.74. The molecule has 0 aromatic heterocycles. The van der Waals surface area contributed by atoms with Crippen LogP contribution in [0.2, 0.25) is 0 Å². The number of alkyl halides is 4. The average molecular weight is 350 g/mol. The van der Waals surface area contributed by atoms with Gasteiger partial charge in [0.25, 0.3) is 0 Å². The van der Waals surface area contributed by atoms with Crippen molar-refractivity contribution in [2.75, 3.05) is 20.1 Å². The summed E-state index contributed by atoms with van der Waals surface area (Å²) >= 11 is 27.3. The predicted molar refractivity (Wildman–Crippen MR) is 69.2 cm³/mol. The summed E-state index contributed by atoms with van der Waals surface area (Å²) in [6.07, 6.45) is 0. The van der Waals surface area contributed by atoms with Crippen LogP contribution in [0, 0.1) is 0 Å². The van der Waals surface area contributed by atoms with Gasteiger partial charge in [-0.15, -0.1) is 11.6 Å². The fourth-order valence-electron chi connectivity index (χ4n) is 0.733. The molecule has 0 aliphatic heterocycles. The third-order valence-corrected chi connectivity index (χ3v) is 6.25. The summed E-state index contributed by atoms with van der Waals surface area (Å²) in [4.78, 5) is 11.1. The van der Waals surface area contributed by atoms with Crippen LogP contribution in [0.5, 0.6) is 0 Å². The van der Waals surface area contributed by atoms with Crippen molar-refractivity contribution < 1.29 is 18.6 Å². The third-order valence-electron chi connectivity index (χ3n) is 1.43. The molecule has 0 fully saturated rings. The number of carbonyl (C=O) groups is 1. The Morgan fingerprint density at radius 1 is 1.38 bits per heavy atom. The zero-order valence-electron chi connectivity index (χ0n) is 8.28. The van der Waals surface area contributed by atoms with E-state index >= 15 is 0 Å². The van der Waals surface area contributed by atoms with Crippen LogP contribution in [0.15, 0.2) is 0 Å². The van der Waals surface area contributed by atoms with Crippen LogP contribution in [0.4, 0.5) is 0 Å². The van der Waals surface area contributed by atoms with Crippen LogP contribution in [-0.2, 0) is 30.4 Å². The third kappa shape index (κ3) is 4.83. The van der Waals surface area contributed by atoms with Gasteiger partial charge in [-0.25, -0.2) is 0 Å². The molecule has 10 heteroatoms. The first-order chi connectivity index (χ1) is 7.21. The highest BCUT2D eigenvalue weighted by Crippen LogP contribution is 2.59. The Hall–Kier alpha value is 1.20. The molecule has 0 N–H and O–H groups in total. The van der Waals surface area contributed by atoms with E-state index in [0.29, 0.717) is 0 Å². The number of hydrogen-bond acceptors (Lipinski definition) is 5. The second-order valence-electron chi connectivity index (χ2n) is 2.42. The summed E-state index contributed by atoms with van der Waals surface area (Å²) < 4.78 is 12.8. The lowest BCUT2D eigenvalue weighted by Gasteiger charge is -2.31. The molecule has 16 heavy (non-hydrogen) atoms. The van der Waals surface area contributed by atoms with Crippen LogP contribution >= 0.6 is 52.9 Å². The lowest BCUT2D eigenvalue weighted by atomic mass is 10.7.